The van der Waals surface area contributed by atoms with Gasteiger partial charge in [0, 0.05) is 43.0 Å². The normalized spacial score (nSPS) is 20.1. The summed E-state index contributed by atoms with van der Waals surface area (Å²) in [6.07, 6.45) is 7.57. The number of fused-ring (bicyclic) bond motifs is 3. The second kappa shape index (κ2) is 7.61. The average molecular weight is 437 g/mol. The highest BCUT2D eigenvalue weighted by molar-refractivity contribution is 5.76. The molecule has 0 saturated carbocycles. The molecule has 1 fully saturated rings. The van der Waals surface area contributed by atoms with E-state index in [2.05, 4.69) is 40.3 Å². The molecule has 0 radical (unpaired) electrons. The zero-order valence-electron chi connectivity index (χ0n) is 18.7. The van der Waals surface area contributed by atoms with Crippen molar-refractivity contribution in [3.8, 4) is 28.7 Å². The second-order valence-electron chi connectivity index (χ2n) is 9.05. The lowest BCUT2D eigenvalue weighted by Crippen LogP contribution is -2.44. The number of hydrogen-bond acceptors (Lipinski definition) is 7. The quantitative estimate of drug-likeness (QED) is 0.653. The molecule has 168 valence electrons. The molecule has 5 rings (SSSR count). The van der Waals surface area contributed by atoms with Crippen LogP contribution in [0, 0.1) is 0 Å². The highest BCUT2D eigenvalue weighted by Crippen LogP contribution is 2.40. The van der Waals surface area contributed by atoms with Crippen molar-refractivity contribution in [2.24, 2.45) is 5.73 Å². The lowest BCUT2D eigenvalue weighted by atomic mass is 9.94. The van der Waals surface area contributed by atoms with Gasteiger partial charge < -0.3 is 19.9 Å². The van der Waals surface area contributed by atoms with Crippen LogP contribution in [0.3, 0.4) is 0 Å². The van der Waals surface area contributed by atoms with E-state index < -0.39 is 0 Å². The summed E-state index contributed by atoms with van der Waals surface area (Å²) in [5.41, 5.74) is 6.80. The average Bonchev–Trinajstić information content (AvgIpc) is 3.44. The van der Waals surface area contributed by atoms with Crippen LogP contribution in [-0.4, -0.2) is 53.9 Å². The Morgan fingerprint density at radius 2 is 2.12 bits per heavy atom. The first-order valence-electron chi connectivity index (χ1n) is 11.0. The molecule has 3 aromatic heterocycles. The number of primary amides is 1. The van der Waals surface area contributed by atoms with Gasteiger partial charge in [0.05, 0.1) is 12.1 Å². The highest BCUT2D eigenvalue weighted by atomic mass is 16.5. The first kappa shape index (κ1) is 20.5. The first-order chi connectivity index (χ1) is 15.4. The van der Waals surface area contributed by atoms with Gasteiger partial charge in [-0.2, -0.15) is 5.10 Å². The number of ether oxygens (including phenoxy) is 1. The van der Waals surface area contributed by atoms with Crippen LogP contribution in [0.2, 0.25) is 0 Å². The number of aromatic nitrogens is 6. The molecule has 2 aliphatic heterocycles. The number of rotatable bonds is 5. The Balaban J connectivity index is 1.52. The van der Waals surface area contributed by atoms with E-state index in [1.807, 2.05) is 23.1 Å². The van der Waals surface area contributed by atoms with Crippen molar-refractivity contribution in [3.63, 3.8) is 0 Å². The minimum absolute atomic E-state index is 0.184. The third-order valence-electron chi connectivity index (χ3n) is 6.33. The smallest absolute Gasteiger partial charge is 0.219 e. The Morgan fingerprint density at radius 1 is 1.28 bits per heavy atom. The fourth-order valence-electron chi connectivity index (χ4n) is 4.81. The monoisotopic (exact) mass is 436 g/mol. The minimum atomic E-state index is -0.329. The van der Waals surface area contributed by atoms with Crippen LogP contribution in [0.25, 0.3) is 22.9 Å². The lowest BCUT2D eigenvalue weighted by molar-refractivity contribution is -0.119. The van der Waals surface area contributed by atoms with Gasteiger partial charge in [-0.05, 0) is 33.6 Å². The summed E-state index contributed by atoms with van der Waals surface area (Å²) < 4.78 is 10.0. The Labute approximate surface area is 186 Å². The first-order valence-corrected chi connectivity index (χ1v) is 11.0. The highest BCUT2D eigenvalue weighted by Gasteiger charge is 2.39. The molecule has 10 heteroatoms. The van der Waals surface area contributed by atoms with E-state index in [0.717, 1.165) is 53.9 Å². The van der Waals surface area contributed by atoms with E-state index in [0.29, 0.717) is 19.6 Å². The number of carbonyl (C=O) groups excluding carboxylic acids is 1. The molecule has 1 saturated heterocycles. The Bertz CT molecular complexity index is 1170. The SMILES string of the molecule is CC(C)n1ncnc1-c1cn2c(n1)-c1cnc(N3CCC[C@@]3(C)CC(N)=O)cc1OCC2. The second-order valence-corrected chi connectivity index (χ2v) is 9.05. The topological polar surface area (TPSA) is 117 Å². The number of carbonyl (C=O) groups is 1. The van der Waals surface area contributed by atoms with Gasteiger partial charge in [0.1, 0.15) is 36.0 Å². The molecule has 2 N–H and O–H groups in total. The predicted octanol–water partition coefficient (Wildman–Crippen LogP) is 2.41. The van der Waals surface area contributed by atoms with Gasteiger partial charge in [0.15, 0.2) is 5.82 Å². The van der Waals surface area contributed by atoms with Crippen molar-refractivity contribution in [1.29, 1.82) is 0 Å². The standard InChI is InChI=1S/C22H28N8O2/c1-14(2)30-21(25-13-26-30)16-12-28-7-8-32-17-9-19(24-11-15(17)20(28)27-16)29-6-4-5-22(29,3)10-18(23)31/h9,11-14H,4-8,10H2,1-3H3,(H2,23,31)/t22-/m0/s1. The van der Waals surface area contributed by atoms with E-state index in [1.54, 1.807) is 6.33 Å². The van der Waals surface area contributed by atoms with Gasteiger partial charge in [-0.3, -0.25) is 4.79 Å². The van der Waals surface area contributed by atoms with Crippen LogP contribution in [0.1, 0.15) is 46.1 Å². The Kier molecular flexibility index (Phi) is 4.87. The molecular formula is C22H28N8O2. The van der Waals surface area contributed by atoms with E-state index in [9.17, 15) is 4.79 Å². The minimum Gasteiger partial charge on any atom is -0.491 e. The molecule has 0 unspecified atom stereocenters. The number of pyridine rings is 1. The van der Waals surface area contributed by atoms with Gasteiger partial charge in [0.2, 0.25) is 5.91 Å². The maximum atomic E-state index is 11.6. The van der Waals surface area contributed by atoms with Crippen LogP contribution >= 0.6 is 0 Å². The number of amides is 1. The largest absolute Gasteiger partial charge is 0.491 e. The molecule has 0 bridgehead atoms. The maximum absolute atomic E-state index is 11.6. The molecule has 5 heterocycles. The summed E-state index contributed by atoms with van der Waals surface area (Å²) in [4.78, 5) is 27.9. The number of hydrogen-bond donors (Lipinski definition) is 1. The molecule has 0 aliphatic carbocycles. The van der Waals surface area contributed by atoms with Crippen LogP contribution in [0.5, 0.6) is 5.75 Å². The summed E-state index contributed by atoms with van der Waals surface area (Å²) in [6, 6.07) is 2.14. The van der Waals surface area contributed by atoms with Gasteiger partial charge in [-0.25, -0.2) is 19.6 Å². The van der Waals surface area contributed by atoms with Crippen molar-refractivity contribution in [2.45, 2.75) is 58.2 Å². The van der Waals surface area contributed by atoms with E-state index in [4.69, 9.17) is 20.4 Å². The lowest BCUT2D eigenvalue weighted by Gasteiger charge is -2.35. The van der Waals surface area contributed by atoms with E-state index in [1.165, 1.54) is 0 Å². The van der Waals surface area contributed by atoms with Crippen molar-refractivity contribution < 1.29 is 9.53 Å². The molecule has 32 heavy (non-hydrogen) atoms. The zero-order chi connectivity index (χ0) is 22.5. The van der Waals surface area contributed by atoms with E-state index in [-0.39, 0.29) is 17.5 Å². The van der Waals surface area contributed by atoms with Crippen molar-refractivity contribution in [3.05, 3.63) is 24.8 Å². The molecule has 0 spiro atoms. The number of nitrogens with zero attached hydrogens (tertiary/aromatic N) is 7. The number of anilines is 1. The van der Waals surface area contributed by atoms with Crippen molar-refractivity contribution >= 4 is 11.7 Å². The molecule has 0 aromatic carbocycles. The summed E-state index contributed by atoms with van der Waals surface area (Å²) in [5, 5.41) is 4.33. The van der Waals surface area contributed by atoms with Gasteiger partial charge >= 0.3 is 0 Å². The summed E-state index contributed by atoms with van der Waals surface area (Å²) in [7, 11) is 0. The van der Waals surface area contributed by atoms with Crippen LogP contribution in [0.15, 0.2) is 24.8 Å². The molecule has 1 amide bonds. The molecular weight excluding hydrogens is 408 g/mol. The van der Waals surface area contributed by atoms with Gasteiger partial charge in [-0.15, -0.1) is 0 Å². The molecule has 2 aliphatic rings. The number of nitrogens with two attached hydrogens (primary N) is 1. The summed E-state index contributed by atoms with van der Waals surface area (Å²) in [5.74, 6) is 2.78. The van der Waals surface area contributed by atoms with Gasteiger partial charge in [-0.1, -0.05) is 0 Å². The summed E-state index contributed by atoms with van der Waals surface area (Å²) >= 11 is 0. The van der Waals surface area contributed by atoms with Crippen molar-refractivity contribution in [1.82, 2.24) is 29.3 Å². The Hall–Kier alpha value is -3.43. The maximum Gasteiger partial charge on any atom is 0.219 e. The molecule has 3 aromatic rings. The van der Waals surface area contributed by atoms with E-state index >= 15 is 0 Å². The van der Waals surface area contributed by atoms with Crippen LogP contribution < -0.4 is 15.4 Å². The fourth-order valence-corrected chi connectivity index (χ4v) is 4.81. The third kappa shape index (κ3) is 3.39. The molecule has 10 nitrogen and oxygen atoms in total. The van der Waals surface area contributed by atoms with Crippen molar-refractivity contribution in [2.75, 3.05) is 18.1 Å². The van der Waals surface area contributed by atoms with Crippen LogP contribution in [0.4, 0.5) is 5.82 Å². The third-order valence-corrected chi connectivity index (χ3v) is 6.33. The van der Waals surface area contributed by atoms with Crippen LogP contribution in [-0.2, 0) is 11.3 Å². The Morgan fingerprint density at radius 3 is 2.91 bits per heavy atom. The van der Waals surface area contributed by atoms with Gasteiger partial charge in [0.25, 0.3) is 0 Å². The number of imidazole rings is 1. The predicted molar refractivity (Wildman–Crippen MR) is 119 cm³/mol. The fraction of sp³-hybridized carbons (Fsp3) is 0.500. The molecule has 1 atom stereocenters. The summed E-state index contributed by atoms with van der Waals surface area (Å²) in [6.45, 7) is 8.23. The zero-order valence-corrected chi connectivity index (χ0v) is 18.7.